The van der Waals surface area contributed by atoms with Crippen molar-refractivity contribution in [2.75, 3.05) is 0 Å². The minimum absolute atomic E-state index is 0.0822. The predicted octanol–water partition coefficient (Wildman–Crippen LogP) is 2.28. The summed E-state index contributed by atoms with van der Waals surface area (Å²) >= 11 is 1.66. The van der Waals surface area contributed by atoms with Crippen LogP contribution in [0, 0.1) is 6.92 Å². The summed E-state index contributed by atoms with van der Waals surface area (Å²) in [6.45, 7) is 4.98. The third-order valence-corrected chi connectivity index (χ3v) is 4.55. The van der Waals surface area contributed by atoms with E-state index in [0.717, 1.165) is 17.8 Å². The van der Waals surface area contributed by atoms with Crippen molar-refractivity contribution in [1.82, 2.24) is 0 Å². The number of hydrogen-bond donors (Lipinski definition) is 1. The molecule has 4 nitrogen and oxygen atoms in total. The van der Waals surface area contributed by atoms with Crippen molar-refractivity contribution in [3.63, 3.8) is 0 Å². The Labute approximate surface area is 110 Å². The Morgan fingerprint density at radius 3 is 2.39 bits per heavy atom. The standard InChI is InChI=1S/C12H13NO3S2/c1-3-13-9(2)17-8-12(13)10-4-6-11(7-5-10)18(14,15)16/h4-8H,3H2,1-2H3/p+1. The highest BCUT2D eigenvalue weighted by atomic mass is 32.2. The average molecular weight is 284 g/mol. The van der Waals surface area contributed by atoms with Gasteiger partial charge in [-0.2, -0.15) is 13.0 Å². The first-order valence-electron chi connectivity index (χ1n) is 5.49. The fourth-order valence-corrected chi connectivity index (χ4v) is 3.23. The summed E-state index contributed by atoms with van der Waals surface area (Å²) in [5.41, 5.74) is 2.00. The molecule has 2 aromatic rings. The second kappa shape index (κ2) is 4.79. The third-order valence-electron chi connectivity index (χ3n) is 2.78. The molecule has 0 saturated carbocycles. The fourth-order valence-electron chi connectivity index (χ4n) is 1.85. The zero-order chi connectivity index (χ0) is 13.3. The van der Waals surface area contributed by atoms with E-state index in [1.54, 1.807) is 23.5 Å². The van der Waals surface area contributed by atoms with Gasteiger partial charge in [0.25, 0.3) is 10.1 Å². The van der Waals surface area contributed by atoms with Crippen LogP contribution < -0.4 is 4.57 Å². The van der Waals surface area contributed by atoms with Crippen LogP contribution in [0.2, 0.25) is 0 Å². The van der Waals surface area contributed by atoms with E-state index in [0.29, 0.717) is 0 Å². The number of aromatic nitrogens is 1. The monoisotopic (exact) mass is 284 g/mol. The van der Waals surface area contributed by atoms with Crippen LogP contribution in [0.5, 0.6) is 0 Å². The zero-order valence-electron chi connectivity index (χ0n) is 10.1. The second-order valence-corrected chi connectivity index (χ2v) is 6.37. The van der Waals surface area contributed by atoms with Gasteiger partial charge in [0.05, 0.1) is 10.3 Å². The minimum atomic E-state index is -4.12. The van der Waals surface area contributed by atoms with Gasteiger partial charge in [-0.05, 0) is 31.2 Å². The molecule has 0 aliphatic carbocycles. The van der Waals surface area contributed by atoms with Gasteiger partial charge in [0.2, 0.25) is 10.7 Å². The lowest BCUT2D eigenvalue weighted by atomic mass is 10.2. The van der Waals surface area contributed by atoms with Gasteiger partial charge in [-0.3, -0.25) is 4.55 Å². The van der Waals surface area contributed by atoms with Crippen LogP contribution >= 0.6 is 11.3 Å². The van der Waals surface area contributed by atoms with Crippen LogP contribution in [-0.2, 0) is 16.7 Å². The molecule has 18 heavy (non-hydrogen) atoms. The lowest BCUT2D eigenvalue weighted by Crippen LogP contribution is -2.35. The summed E-state index contributed by atoms with van der Waals surface area (Å²) in [5.74, 6) is 0. The number of nitrogens with zero attached hydrogens (tertiary/aromatic N) is 1. The van der Waals surface area contributed by atoms with E-state index in [1.807, 2.05) is 12.3 Å². The second-order valence-electron chi connectivity index (χ2n) is 3.88. The molecule has 1 heterocycles. The van der Waals surface area contributed by atoms with E-state index in [-0.39, 0.29) is 4.90 Å². The SMILES string of the molecule is CC[n+]1c(-c2ccc(S(=O)(=O)O)cc2)csc1C. The van der Waals surface area contributed by atoms with Crippen LogP contribution in [0.3, 0.4) is 0 Å². The molecule has 0 radical (unpaired) electrons. The fraction of sp³-hybridized carbons (Fsp3) is 0.250. The van der Waals surface area contributed by atoms with E-state index >= 15 is 0 Å². The molecule has 1 aromatic heterocycles. The third kappa shape index (κ3) is 2.45. The maximum absolute atomic E-state index is 11.0. The van der Waals surface area contributed by atoms with Gasteiger partial charge in [0, 0.05) is 12.5 Å². The van der Waals surface area contributed by atoms with Crippen molar-refractivity contribution in [2.45, 2.75) is 25.3 Å². The molecule has 0 fully saturated rings. The van der Waals surface area contributed by atoms with Crippen molar-refractivity contribution in [1.29, 1.82) is 0 Å². The molecule has 0 spiro atoms. The molecule has 0 bridgehead atoms. The molecule has 6 heteroatoms. The van der Waals surface area contributed by atoms with Crippen LogP contribution in [0.4, 0.5) is 0 Å². The Kier molecular flexibility index (Phi) is 3.52. The highest BCUT2D eigenvalue weighted by Gasteiger charge is 2.18. The molecular weight excluding hydrogens is 270 g/mol. The van der Waals surface area contributed by atoms with E-state index in [2.05, 4.69) is 11.5 Å². The Balaban J connectivity index is 2.47. The summed E-state index contributed by atoms with van der Waals surface area (Å²) in [6, 6.07) is 6.24. The smallest absolute Gasteiger partial charge is 0.282 e. The van der Waals surface area contributed by atoms with Crippen LogP contribution in [0.25, 0.3) is 11.3 Å². The Morgan fingerprint density at radius 2 is 1.89 bits per heavy atom. The molecule has 0 saturated heterocycles. The van der Waals surface area contributed by atoms with E-state index in [9.17, 15) is 8.42 Å². The summed E-state index contributed by atoms with van der Waals surface area (Å²) in [6.07, 6.45) is 0. The highest BCUT2D eigenvalue weighted by molar-refractivity contribution is 7.85. The first-order chi connectivity index (χ1) is 8.43. The Hall–Kier alpha value is -1.24. The van der Waals surface area contributed by atoms with E-state index in [1.165, 1.54) is 17.1 Å². The summed E-state index contributed by atoms with van der Waals surface area (Å²) < 4.78 is 33.0. The molecule has 96 valence electrons. The number of benzene rings is 1. The summed E-state index contributed by atoms with van der Waals surface area (Å²) in [5, 5.41) is 3.24. The zero-order valence-corrected chi connectivity index (χ0v) is 11.8. The molecule has 1 N–H and O–H groups in total. The van der Waals surface area contributed by atoms with Crippen molar-refractivity contribution < 1.29 is 17.5 Å². The summed E-state index contributed by atoms with van der Waals surface area (Å²) in [7, 11) is -4.12. The van der Waals surface area contributed by atoms with Gasteiger partial charge < -0.3 is 0 Å². The van der Waals surface area contributed by atoms with E-state index < -0.39 is 10.1 Å². The molecule has 0 atom stereocenters. The first kappa shape index (κ1) is 13.2. The minimum Gasteiger partial charge on any atom is -0.282 e. The lowest BCUT2D eigenvalue weighted by Gasteiger charge is -2.00. The number of aryl methyl sites for hydroxylation is 1. The number of hydrogen-bond acceptors (Lipinski definition) is 3. The highest BCUT2D eigenvalue weighted by Crippen LogP contribution is 2.21. The van der Waals surface area contributed by atoms with Gasteiger partial charge in [-0.15, -0.1) is 0 Å². The number of thiazole rings is 1. The maximum Gasteiger partial charge on any atom is 0.294 e. The largest absolute Gasteiger partial charge is 0.294 e. The van der Waals surface area contributed by atoms with Gasteiger partial charge in [-0.25, -0.2) is 0 Å². The molecule has 2 rings (SSSR count). The topological polar surface area (TPSA) is 58.2 Å². The molecule has 0 aliphatic heterocycles. The maximum atomic E-state index is 11.0. The van der Waals surface area contributed by atoms with Crippen molar-refractivity contribution in [2.24, 2.45) is 0 Å². The lowest BCUT2D eigenvalue weighted by molar-refractivity contribution is -0.683. The quantitative estimate of drug-likeness (QED) is 0.695. The molecular formula is C12H14NO3S2+. The van der Waals surface area contributed by atoms with Crippen LogP contribution in [-0.4, -0.2) is 13.0 Å². The Morgan fingerprint density at radius 1 is 1.28 bits per heavy atom. The van der Waals surface area contributed by atoms with Crippen molar-refractivity contribution in [3.05, 3.63) is 34.7 Å². The normalized spacial score (nSPS) is 11.7. The Bertz CT molecular complexity index is 657. The molecule has 0 aliphatic rings. The number of rotatable bonds is 3. The first-order valence-corrected chi connectivity index (χ1v) is 7.81. The summed E-state index contributed by atoms with van der Waals surface area (Å²) in [4.78, 5) is -0.0822. The molecule has 0 amide bonds. The van der Waals surface area contributed by atoms with Gasteiger partial charge in [-0.1, -0.05) is 11.3 Å². The van der Waals surface area contributed by atoms with E-state index in [4.69, 9.17) is 4.55 Å². The van der Waals surface area contributed by atoms with Crippen LogP contribution in [0.1, 0.15) is 11.9 Å². The predicted molar refractivity (Wildman–Crippen MR) is 70.2 cm³/mol. The van der Waals surface area contributed by atoms with Crippen molar-refractivity contribution in [3.8, 4) is 11.3 Å². The molecule has 1 aromatic carbocycles. The van der Waals surface area contributed by atoms with Crippen molar-refractivity contribution >= 4 is 21.5 Å². The average Bonchev–Trinajstić information content (AvgIpc) is 2.69. The van der Waals surface area contributed by atoms with Crippen LogP contribution in [0.15, 0.2) is 34.5 Å². The molecule has 0 unspecified atom stereocenters. The van der Waals surface area contributed by atoms with Gasteiger partial charge >= 0.3 is 0 Å². The van der Waals surface area contributed by atoms with Gasteiger partial charge in [0.15, 0.2) is 0 Å². The van der Waals surface area contributed by atoms with Gasteiger partial charge in [0.1, 0.15) is 6.54 Å².